The summed E-state index contributed by atoms with van der Waals surface area (Å²) in [5.74, 6) is -2.01. The van der Waals surface area contributed by atoms with Crippen molar-refractivity contribution < 1.29 is 24.3 Å². The zero-order valence-electron chi connectivity index (χ0n) is 15.0. The van der Waals surface area contributed by atoms with Crippen LogP contribution < -0.4 is 10.2 Å². The Kier molecular flexibility index (Phi) is 4.03. The minimum atomic E-state index is -0.956. The van der Waals surface area contributed by atoms with E-state index in [2.05, 4.69) is 10.2 Å². The largest absolute Gasteiger partial charge is 0.396 e. The molecule has 0 radical (unpaired) electrons. The summed E-state index contributed by atoms with van der Waals surface area (Å²) in [6.45, 7) is 3.53. The molecule has 4 amide bonds. The normalized spacial score (nSPS) is 28.0. The van der Waals surface area contributed by atoms with Crippen molar-refractivity contribution in [1.82, 2.24) is 10.2 Å². The number of rotatable bonds is 3. The molecule has 1 aromatic carbocycles. The number of carbonyl (C=O) groups is 4. The van der Waals surface area contributed by atoms with Crippen molar-refractivity contribution in [3.05, 3.63) is 29.3 Å². The number of aliphatic hydroxyl groups excluding tert-OH is 1. The maximum atomic E-state index is 12.9. The lowest BCUT2D eigenvalue weighted by molar-refractivity contribution is -0.136. The summed E-state index contributed by atoms with van der Waals surface area (Å²) >= 11 is 0. The molecule has 2 fully saturated rings. The molecular formula is C19H21N3O5. The van der Waals surface area contributed by atoms with Gasteiger partial charge in [-0.05, 0) is 31.0 Å². The topological polar surface area (TPSA) is 107 Å². The van der Waals surface area contributed by atoms with Crippen LogP contribution in [0.2, 0.25) is 0 Å². The minimum absolute atomic E-state index is 0.0924. The lowest BCUT2D eigenvalue weighted by Crippen LogP contribution is -2.54. The van der Waals surface area contributed by atoms with Crippen LogP contribution in [0.3, 0.4) is 0 Å². The fourth-order valence-electron chi connectivity index (χ4n) is 4.03. The number of benzene rings is 1. The Hall–Kier alpha value is -2.74. The average Bonchev–Trinajstić information content (AvgIpc) is 3.15. The van der Waals surface area contributed by atoms with Gasteiger partial charge in [-0.1, -0.05) is 6.92 Å². The van der Waals surface area contributed by atoms with E-state index in [0.29, 0.717) is 6.54 Å². The van der Waals surface area contributed by atoms with Crippen LogP contribution in [0.15, 0.2) is 18.2 Å². The van der Waals surface area contributed by atoms with E-state index in [0.717, 1.165) is 23.6 Å². The molecule has 0 aromatic heterocycles. The average molecular weight is 371 g/mol. The van der Waals surface area contributed by atoms with Crippen LogP contribution in [0.4, 0.5) is 5.69 Å². The lowest BCUT2D eigenvalue weighted by atomic mass is 9.91. The van der Waals surface area contributed by atoms with Crippen LogP contribution in [-0.2, 0) is 9.59 Å². The van der Waals surface area contributed by atoms with E-state index in [-0.39, 0.29) is 36.0 Å². The van der Waals surface area contributed by atoms with Crippen LogP contribution in [0.1, 0.15) is 46.9 Å². The van der Waals surface area contributed by atoms with Gasteiger partial charge in [-0.2, -0.15) is 0 Å². The van der Waals surface area contributed by atoms with E-state index >= 15 is 0 Å². The Bertz CT molecular complexity index is 867. The van der Waals surface area contributed by atoms with Crippen molar-refractivity contribution in [3.63, 3.8) is 0 Å². The third-order valence-electron chi connectivity index (χ3n) is 5.73. The smallest absolute Gasteiger partial charge is 0.262 e. The van der Waals surface area contributed by atoms with Gasteiger partial charge >= 0.3 is 0 Å². The number of nitrogens with zero attached hydrogens (tertiary/aromatic N) is 2. The zero-order valence-corrected chi connectivity index (χ0v) is 15.0. The molecule has 4 rings (SSSR count). The van der Waals surface area contributed by atoms with Crippen molar-refractivity contribution >= 4 is 29.3 Å². The number of hydrogen-bond acceptors (Lipinski definition) is 6. The summed E-state index contributed by atoms with van der Waals surface area (Å²) in [5, 5.41) is 11.7. The molecule has 142 valence electrons. The number of nitrogens with one attached hydrogen (secondary N) is 1. The van der Waals surface area contributed by atoms with Gasteiger partial charge in [-0.3, -0.25) is 29.4 Å². The quantitative estimate of drug-likeness (QED) is 0.740. The fraction of sp³-hybridized carbons (Fsp3) is 0.474. The van der Waals surface area contributed by atoms with Gasteiger partial charge in [0, 0.05) is 30.6 Å². The van der Waals surface area contributed by atoms with E-state index in [9.17, 15) is 24.3 Å². The molecule has 0 aliphatic carbocycles. The van der Waals surface area contributed by atoms with Crippen LogP contribution in [0, 0.1) is 5.41 Å². The monoisotopic (exact) mass is 371 g/mol. The first-order valence-electron chi connectivity index (χ1n) is 9.04. The highest BCUT2D eigenvalue weighted by molar-refractivity contribution is 6.23. The minimum Gasteiger partial charge on any atom is -0.396 e. The number of amides is 4. The Morgan fingerprint density at radius 2 is 1.93 bits per heavy atom. The number of anilines is 1. The van der Waals surface area contributed by atoms with E-state index < -0.39 is 29.7 Å². The number of hydrogen-bond donors (Lipinski definition) is 2. The van der Waals surface area contributed by atoms with E-state index in [1.54, 1.807) is 18.2 Å². The predicted octanol–water partition coefficient (Wildman–Crippen LogP) is 0.296. The second kappa shape index (κ2) is 6.16. The van der Waals surface area contributed by atoms with E-state index in [1.165, 1.54) is 0 Å². The van der Waals surface area contributed by atoms with Gasteiger partial charge in [-0.25, -0.2) is 0 Å². The Morgan fingerprint density at radius 3 is 2.59 bits per heavy atom. The number of imide groups is 2. The number of carbonyl (C=O) groups excluding carboxylic acids is 4. The van der Waals surface area contributed by atoms with Gasteiger partial charge < -0.3 is 10.0 Å². The molecule has 8 nitrogen and oxygen atoms in total. The molecule has 3 heterocycles. The highest BCUT2D eigenvalue weighted by Crippen LogP contribution is 2.35. The molecule has 2 atom stereocenters. The predicted molar refractivity (Wildman–Crippen MR) is 95.1 cm³/mol. The highest BCUT2D eigenvalue weighted by Gasteiger charge is 2.45. The second-order valence-electron chi connectivity index (χ2n) is 7.82. The molecule has 0 bridgehead atoms. The first kappa shape index (κ1) is 17.7. The van der Waals surface area contributed by atoms with Crippen LogP contribution in [0.25, 0.3) is 0 Å². The maximum Gasteiger partial charge on any atom is 0.262 e. The highest BCUT2D eigenvalue weighted by atomic mass is 16.3. The molecule has 0 saturated carbocycles. The molecule has 3 aliphatic heterocycles. The summed E-state index contributed by atoms with van der Waals surface area (Å²) in [6, 6.07) is 4.14. The Morgan fingerprint density at radius 1 is 1.19 bits per heavy atom. The standard InChI is InChI=1S/C19H21N3O5/c1-19(10-23)6-7-21(9-19)11-2-3-12-13(8-11)18(27)22(17(12)26)14-4-5-15(24)20-16(14)25/h2-3,8,14,23H,4-7,9-10H2,1H3,(H,20,24,25). The first-order valence-corrected chi connectivity index (χ1v) is 9.04. The van der Waals surface area contributed by atoms with Crippen molar-refractivity contribution in [1.29, 1.82) is 0 Å². The van der Waals surface area contributed by atoms with Crippen LogP contribution >= 0.6 is 0 Å². The van der Waals surface area contributed by atoms with Crippen molar-refractivity contribution in [2.45, 2.75) is 32.2 Å². The van der Waals surface area contributed by atoms with Crippen LogP contribution in [0.5, 0.6) is 0 Å². The third-order valence-corrected chi connectivity index (χ3v) is 5.73. The molecule has 2 unspecified atom stereocenters. The molecule has 27 heavy (non-hydrogen) atoms. The molecule has 2 saturated heterocycles. The second-order valence-corrected chi connectivity index (χ2v) is 7.82. The lowest BCUT2D eigenvalue weighted by Gasteiger charge is -2.27. The Balaban J connectivity index is 1.61. The summed E-state index contributed by atoms with van der Waals surface area (Å²) in [7, 11) is 0. The van der Waals surface area contributed by atoms with Crippen LogP contribution in [-0.4, -0.2) is 59.4 Å². The van der Waals surface area contributed by atoms with Gasteiger partial charge in [0.25, 0.3) is 11.8 Å². The van der Waals surface area contributed by atoms with Gasteiger partial charge in [-0.15, -0.1) is 0 Å². The summed E-state index contributed by atoms with van der Waals surface area (Å²) in [6.07, 6.45) is 1.09. The molecule has 2 N–H and O–H groups in total. The van der Waals surface area contributed by atoms with Crippen molar-refractivity contribution in [2.24, 2.45) is 5.41 Å². The van der Waals surface area contributed by atoms with Gasteiger partial charge in [0.05, 0.1) is 17.7 Å². The van der Waals surface area contributed by atoms with Crippen molar-refractivity contribution in [3.8, 4) is 0 Å². The molecule has 0 spiro atoms. The van der Waals surface area contributed by atoms with Crippen molar-refractivity contribution in [2.75, 3.05) is 24.6 Å². The number of piperidine rings is 1. The van der Waals surface area contributed by atoms with E-state index in [1.807, 2.05) is 6.92 Å². The first-order chi connectivity index (χ1) is 12.8. The fourth-order valence-corrected chi connectivity index (χ4v) is 4.03. The summed E-state index contributed by atoms with van der Waals surface area (Å²) in [5.41, 5.74) is 1.19. The number of aliphatic hydroxyl groups is 1. The van der Waals surface area contributed by atoms with Gasteiger partial charge in [0.2, 0.25) is 11.8 Å². The zero-order chi connectivity index (χ0) is 19.3. The van der Waals surface area contributed by atoms with Gasteiger partial charge in [0.15, 0.2) is 0 Å². The molecule has 3 aliphatic rings. The number of fused-ring (bicyclic) bond motifs is 1. The summed E-state index contributed by atoms with van der Waals surface area (Å²) in [4.78, 5) is 52.1. The third kappa shape index (κ3) is 2.80. The maximum absolute atomic E-state index is 12.9. The summed E-state index contributed by atoms with van der Waals surface area (Å²) < 4.78 is 0. The molecule has 1 aromatic rings. The van der Waals surface area contributed by atoms with Gasteiger partial charge in [0.1, 0.15) is 6.04 Å². The molecule has 8 heteroatoms. The molecular weight excluding hydrogens is 350 g/mol. The van der Waals surface area contributed by atoms with E-state index in [4.69, 9.17) is 0 Å². The Labute approximate surface area is 156 Å². The SMILES string of the molecule is CC1(CO)CCN(c2ccc3c(c2)C(=O)N(C2CCC(=O)NC2=O)C3=O)C1.